The molecule has 5 nitrogen and oxygen atoms in total. The molecule has 0 saturated heterocycles. The van der Waals surface area contributed by atoms with E-state index in [1.807, 2.05) is 4.68 Å². The van der Waals surface area contributed by atoms with Crippen molar-refractivity contribution in [1.29, 1.82) is 0 Å². The second-order valence-electron chi connectivity index (χ2n) is 5.00. The van der Waals surface area contributed by atoms with Crippen molar-refractivity contribution in [2.24, 2.45) is 0 Å². The third kappa shape index (κ3) is 3.11. The van der Waals surface area contributed by atoms with E-state index in [0.717, 1.165) is 25.8 Å². The number of nitrogens with one attached hydrogen (secondary N) is 1. The van der Waals surface area contributed by atoms with Crippen LogP contribution in [0.3, 0.4) is 0 Å². The molecule has 1 aliphatic carbocycles. The Hall–Kier alpha value is -0.880. The van der Waals surface area contributed by atoms with Crippen LogP contribution in [-0.4, -0.2) is 37.0 Å². The average Bonchev–Trinajstić information content (AvgIpc) is 2.78. The molecule has 2 unspecified atom stereocenters. The predicted molar refractivity (Wildman–Crippen MR) is 70.3 cm³/mol. The molecular weight excluding hydrogens is 250 g/mol. The monoisotopic (exact) mass is 271 g/mol. The van der Waals surface area contributed by atoms with Gasteiger partial charge >= 0.3 is 0 Å². The minimum Gasteiger partial charge on any atom is -0.314 e. The Morgan fingerprint density at radius 3 is 2.89 bits per heavy atom. The molecule has 6 heteroatoms. The van der Waals surface area contributed by atoms with Crippen LogP contribution in [0.2, 0.25) is 0 Å². The normalized spacial score (nSPS) is 25.2. The lowest BCUT2D eigenvalue weighted by molar-refractivity contribution is 0.272. The van der Waals surface area contributed by atoms with Crippen molar-refractivity contribution >= 4 is 9.84 Å². The van der Waals surface area contributed by atoms with E-state index >= 15 is 0 Å². The van der Waals surface area contributed by atoms with Gasteiger partial charge in [-0.25, -0.2) is 8.42 Å². The Labute approximate surface area is 108 Å². The SMILES string of the molecule is CCNC1CCCC(n2cc(S(C)(=O)=O)cn2)C1. The van der Waals surface area contributed by atoms with Gasteiger partial charge in [0.25, 0.3) is 0 Å². The molecule has 1 fully saturated rings. The van der Waals surface area contributed by atoms with Gasteiger partial charge in [-0.15, -0.1) is 0 Å². The summed E-state index contributed by atoms with van der Waals surface area (Å²) in [4.78, 5) is 0.313. The third-order valence-corrected chi connectivity index (χ3v) is 4.59. The summed E-state index contributed by atoms with van der Waals surface area (Å²) >= 11 is 0. The number of hydrogen-bond donors (Lipinski definition) is 1. The van der Waals surface area contributed by atoms with Crippen LogP contribution in [-0.2, 0) is 9.84 Å². The number of hydrogen-bond acceptors (Lipinski definition) is 4. The van der Waals surface area contributed by atoms with Crippen molar-refractivity contribution in [3.05, 3.63) is 12.4 Å². The van der Waals surface area contributed by atoms with E-state index < -0.39 is 9.84 Å². The molecule has 1 saturated carbocycles. The van der Waals surface area contributed by atoms with Crippen LogP contribution >= 0.6 is 0 Å². The first kappa shape index (κ1) is 13.5. The highest BCUT2D eigenvalue weighted by molar-refractivity contribution is 7.90. The van der Waals surface area contributed by atoms with Crippen molar-refractivity contribution in [3.63, 3.8) is 0 Å². The largest absolute Gasteiger partial charge is 0.314 e. The number of aromatic nitrogens is 2. The maximum absolute atomic E-state index is 11.4. The number of rotatable bonds is 4. The summed E-state index contributed by atoms with van der Waals surface area (Å²) in [5, 5.41) is 7.67. The molecule has 0 amide bonds. The highest BCUT2D eigenvalue weighted by Crippen LogP contribution is 2.28. The summed E-state index contributed by atoms with van der Waals surface area (Å²) in [6.07, 6.45) is 8.80. The van der Waals surface area contributed by atoms with E-state index in [1.54, 1.807) is 6.20 Å². The molecule has 1 aromatic rings. The highest BCUT2D eigenvalue weighted by atomic mass is 32.2. The Morgan fingerprint density at radius 1 is 1.50 bits per heavy atom. The zero-order valence-corrected chi connectivity index (χ0v) is 11.8. The summed E-state index contributed by atoms with van der Waals surface area (Å²) in [7, 11) is -3.14. The fraction of sp³-hybridized carbons (Fsp3) is 0.750. The van der Waals surface area contributed by atoms with Crippen LogP contribution in [0.5, 0.6) is 0 Å². The Bertz CT molecular complexity index is 493. The minimum absolute atomic E-state index is 0.313. The van der Waals surface area contributed by atoms with Gasteiger partial charge in [0.05, 0.1) is 12.2 Å². The molecule has 2 atom stereocenters. The van der Waals surface area contributed by atoms with Gasteiger partial charge in [0.1, 0.15) is 4.90 Å². The molecule has 0 bridgehead atoms. The zero-order chi connectivity index (χ0) is 13.2. The summed E-state index contributed by atoms with van der Waals surface area (Å²) in [6.45, 7) is 3.09. The van der Waals surface area contributed by atoms with Crippen molar-refractivity contribution in [2.75, 3.05) is 12.8 Å². The molecule has 0 aromatic carbocycles. The van der Waals surface area contributed by atoms with E-state index in [4.69, 9.17) is 0 Å². The Balaban J connectivity index is 2.09. The molecule has 1 aromatic heterocycles. The van der Waals surface area contributed by atoms with Crippen molar-refractivity contribution in [3.8, 4) is 0 Å². The van der Waals surface area contributed by atoms with E-state index in [1.165, 1.54) is 18.9 Å². The quantitative estimate of drug-likeness (QED) is 0.898. The Morgan fingerprint density at radius 2 is 2.28 bits per heavy atom. The van der Waals surface area contributed by atoms with E-state index in [9.17, 15) is 8.42 Å². The first-order valence-electron chi connectivity index (χ1n) is 6.48. The van der Waals surface area contributed by atoms with Gasteiger partial charge in [-0.3, -0.25) is 4.68 Å². The van der Waals surface area contributed by atoms with Crippen LogP contribution in [0.15, 0.2) is 17.3 Å². The summed E-state index contributed by atoms with van der Waals surface area (Å²) < 4.78 is 24.7. The lowest BCUT2D eigenvalue weighted by atomic mass is 9.91. The molecule has 1 N–H and O–H groups in total. The van der Waals surface area contributed by atoms with Gasteiger partial charge in [0, 0.05) is 18.5 Å². The second-order valence-corrected chi connectivity index (χ2v) is 7.02. The maximum atomic E-state index is 11.4. The van der Waals surface area contributed by atoms with Crippen LogP contribution < -0.4 is 5.32 Å². The standard InChI is InChI=1S/C12H21N3O2S/c1-3-13-10-5-4-6-11(7-10)15-9-12(8-14-15)18(2,16)17/h8-11,13H,3-7H2,1-2H3. The van der Waals surface area contributed by atoms with Gasteiger partial charge in [-0.1, -0.05) is 6.92 Å². The molecule has 102 valence electrons. The van der Waals surface area contributed by atoms with Gasteiger partial charge in [-0.05, 0) is 32.2 Å². The first-order valence-corrected chi connectivity index (χ1v) is 8.37. The molecule has 1 heterocycles. The maximum Gasteiger partial charge on any atom is 0.178 e. The molecule has 1 aliphatic rings. The first-order chi connectivity index (χ1) is 8.50. The van der Waals surface area contributed by atoms with Crippen LogP contribution in [0.4, 0.5) is 0 Å². The lowest BCUT2D eigenvalue weighted by Crippen LogP contribution is -2.34. The molecule has 0 spiro atoms. The third-order valence-electron chi connectivity index (χ3n) is 3.52. The zero-order valence-electron chi connectivity index (χ0n) is 11.0. The van der Waals surface area contributed by atoms with Crippen molar-refractivity contribution < 1.29 is 8.42 Å². The fourth-order valence-electron chi connectivity index (χ4n) is 2.59. The van der Waals surface area contributed by atoms with Crippen LogP contribution in [0.1, 0.15) is 38.6 Å². The fourth-order valence-corrected chi connectivity index (χ4v) is 3.13. The molecule has 2 rings (SSSR count). The van der Waals surface area contributed by atoms with E-state index in [0.29, 0.717) is 17.0 Å². The molecular formula is C12H21N3O2S. The highest BCUT2D eigenvalue weighted by Gasteiger charge is 2.24. The molecule has 0 radical (unpaired) electrons. The van der Waals surface area contributed by atoms with Gasteiger partial charge < -0.3 is 5.32 Å². The van der Waals surface area contributed by atoms with Gasteiger partial charge in [0.2, 0.25) is 0 Å². The lowest BCUT2D eigenvalue weighted by Gasteiger charge is -2.29. The average molecular weight is 271 g/mol. The van der Waals surface area contributed by atoms with Gasteiger partial charge in [-0.2, -0.15) is 5.10 Å². The number of nitrogens with zero attached hydrogens (tertiary/aromatic N) is 2. The van der Waals surface area contributed by atoms with E-state index in [2.05, 4.69) is 17.3 Å². The summed E-state index contributed by atoms with van der Waals surface area (Å²) in [5.74, 6) is 0. The predicted octanol–water partition coefficient (Wildman–Crippen LogP) is 1.38. The minimum atomic E-state index is -3.14. The second kappa shape index (κ2) is 5.40. The van der Waals surface area contributed by atoms with Gasteiger partial charge in [0.15, 0.2) is 9.84 Å². The van der Waals surface area contributed by atoms with Crippen LogP contribution in [0.25, 0.3) is 0 Å². The Kier molecular flexibility index (Phi) is 4.07. The summed E-state index contributed by atoms with van der Waals surface area (Å²) in [5.41, 5.74) is 0. The molecule has 0 aliphatic heterocycles. The smallest absolute Gasteiger partial charge is 0.178 e. The van der Waals surface area contributed by atoms with Crippen molar-refractivity contribution in [2.45, 2.75) is 49.6 Å². The molecule has 18 heavy (non-hydrogen) atoms. The van der Waals surface area contributed by atoms with Crippen molar-refractivity contribution in [1.82, 2.24) is 15.1 Å². The topological polar surface area (TPSA) is 64.0 Å². The van der Waals surface area contributed by atoms with E-state index in [-0.39, 0.29) is 0 Å². The summed E-state index contributed by atoms with van der Waals surface area (Å²) in [6, 6.07) is 0.845. The van der Waals surface area contributed by atoms with Crippen LogP contribution in [0, 0.1) is 0 Å². The number of sulfone groups is 1.